The molecule has 1 N–H and O–H groups in total. The lowest BCUT2D eigenvalue weighted by Crippen LogP contribution is -1.95. The lowest BCUT2D eigenvalue weighted by atomic mass is 9.98. The Morgan fingerprint density at radius 3 is 2.33 bits per heavy atom. The summed E-state index contributed by atoms with van der Waals surface area (Å²) in [6.07, 6.45) is 1.87. The molecule has 0 saturated carbocycles. The van der Waals surface area contributed by atoms with E-state index in [0.29, 0.717) is 0 Å². The van der Waals surface area contributed by atoms with Gasteiger partial charge in [0.1, 0.15) is 0 Å². The van der Waals surface area contributed by atoms with Crippen molar-refractivity contribution in [2.24, 2.45) is 5.10 Å². The third-order valence-electron chi connectivity index (χ3n) is 3.13. The van der Waals surface area contributed by atoms with Crippen LogP contribution in [-0.4, -0.2) is 13.3 Å². The van der Waals surface area contributed by atoms with E-state index in [4.69, 9.17) is 0 Å². The standard InChI is InChI=1S/C16H14N2/c1-17-18-11-13-10-12-6-2-3-7-14(12)16-9-5-4-8-15(13)16/h2-11,17H,1H3. The summed E-state index contributed by atoms with van der Waals surface area (Å²) in [5, 5.41) is 9.16. The van der Waals surface area contributed by atoms with Crippen molar-refractivity contribution >= 4 is 27.8 Å². The Morgan fingerprint density at radius 2 is 1.56 bits per heavy atom. The number of hydrogen-bond donors (Lipinski definition) is 1. The van der Waals surface area contributed by atoms with Crippen LogP contribution in [0.15, 0.2) is 59.7 Å². The smallest absolute Gasteiger partial charge is 0.0546 e. The third-order valence-corrected chi connectivity index (χ3v) is 3.13. The van der Waals surface area contributed by atoms with Crippen LogP contribution >= 0.6 is 0 Å². The first-order chi connectivity index (χ1) is 8.90. The summed E-state index contributed by atoms with van der Waals surface area (Å²) in [5.74, 6) is 0. The van der Waals surface area contributed by atoms with E-state index in [9.17, 15) is 0 Å². The van der Waals surface area contributed by atoms with Gasteiger partial charge in [0.05, 0.1) is 6.21 Å². The van der Waals surface area contributed by atoms with Crippen LogP contribution in [0.2, 0.25) is 0 Å². The number of hydrazone groups is 1. The largest absolute Gasteiger partial charge is 0.313 e. The first-order valence-corrected chi connectivity index (χ1v) is 6.00. The molecule has 2 nitrogen and oxygen atoms in total. The van der Waals surface area contributed by atoms with Gasteiger partial charge in [-0.05, 0) is 27.6 Å². The molecular weight excluding hydrogens is 220 g/mol. The molecule has 0 radical (unpaired) electrons. The Kier molecular flexibility index (Phi) is 2.69. The van der Waals surface area contributed by atoms with Gasteiger partial charge in [-0.2, -0.15) is 5.10 Å². The van der Waals surface area contributed by atoms with Crippen LogP contribution in [0.5, 0.6) is 0 Å². The maximum atomic E-state index is 4.12. The molecule has 3 rings (SSSR count). The SMILES string of the molecule is CNN=Cc1cc2ccccc2c2ccccc12. The van der Waals surface area contributed by atoms with Crippen molar-refractivity contribution in [1.29, 1.82) is 0 Å². The third kappa shape index (κ3) is 1.72. The molecular formula is C16H14N2. The number of benzene rings is 3. The highest BCUT2D eigenvalue weighted by atomic mass is 15.3. The van der Waals surface area contributed by atoms with Crippen LogP contribution in [0.4, 0.5) is 0 Å². The minimum atomic E-state index is 1.14. The van der Waals surface area contributed by atoms with E-state index in [1.807, 2.05) is 6.21 Å². The molecule has 0 aliphatic carbocycles. The lowest BCUT2D eigenvalue weighted by Gasteiger charge is -2.07. The lowest BCUT2D eigenvalue weighted by molar-refractivity contribution is 0.908. The van der Waals surface area contributed by atoms with Crippen LogP contribution in [0.1, 0.15) is 5.56 Å². The Labute approximate surface area is 106 Å². The van der Waals surface area contributed by atoms with Gasteiger partial charge in [-0.25, -0.2) is 0 Å². The summed E-state index contributed by atoms with van der Waals surface area (Å²) in [7, 11) is 1.81. The van der Waals surface area contributed by atoms with Gasteiger partial charge >= 0.3 is 0 Å². The summed E-state index contributed by atoms with van der Waals surface area (Å²) in [6, 6.07) is 19.1. The molecule has 18 heavy (non-hydrogen) atoms. The average Bonchev–Trinajstić information content (AvgIpc) is 2.45. The van der Waals surface area contributed by atoms with E-state index >= 15 is 0 Å². The van der Waals surface area contributed by atoms with Gasteiger partial charge < -0.3 is 5.43 Å². The normalized spacial score (nSPS) is 11.4. The molecule has 0 spiro atoms. The molecule has 0 unspecified atom stereocenters. The molecule has 2 heteroatoms. The number of nitrogens with zero attached hydrogens (tertiary/aromatic N) is 1. The van der Waals surface area contributed by atoms with Crippen molar-refractivity contribution in [3.63, 3.8) is 0 Å². The molecule has 0 aliphatic rings. The fourth-order valence-corrected chi connectivity index (χ4v) is 2.32. The number of fused-ring (bicyclic) bond motifs is 3. The van der Waals surface area contributed by atoms with Crippen LogP contribution in [0.25, 0.3) is 21.5 Å². The van der Waals surface area contributed by atoms with Crippen LogP contribution in [0.3, 0.4) is 0 Å². The van der Waals surface area contributed by atoms with E-state index in [0.717, 1.165) is 5.56 Å². The Hall–Kier alpha value is -2.35. The molecule has 0 bridgehead atoms. The first-order valence-electron chi connectivity index (χ1n) is 6.00. The van der Waals surface area contributed by atoms with E-state index in [1.54, 1.807) is 7.05 Å². The zero-order valence-corrected chi connectivity index (χ0v) is 10.2. The Balaban J connectivity index is 2.42. The van der Waals surface area contributed by atoms with Crippen LogP contribution in [0, 0.1) is 0 Å². The number of rotatable bonds is 2. The monoisotopic (exact) mass is 234 g/mol. The van der Waals surface area contributed by atoms with Gasteiger partial charge in [-0.3, -0.25) is 0 Å². The fourth-order valence-electron chi connectivity index (χ4n) is 2.32. The Bertz CT molecular complexity index is 729. The van der Waals surface area contributed by atoms with Gasteiger partial charge in [0.15, 0.2) is 0 Å². The van der Waals surface area contributed by atoms with Gasteiger partial charge in [-0.1, -0.05) is 48.5 Å². The van der Waals surface area contributed by atoms with Crippen molar-refractivity contribution in [3.05, 3.63) is 60.2 Å². The molecule has 0 fully saturated rings. The highest BCUT2D eigenvalue weighted by molar-refractivity contribution is 6.14. The highest BCUT2D eigenvalue weighted by Crippen LogP contribution is 2.27. The zero-order valence-electron chi connectivity index (χ0n) is 10.2. The molecule has 0 aromatic heterocycles. The predicted octanol–water partition coefficient (Wildman–Crippen LogP) is 3.55. The van der Waals surface area contributed by atoms with E-state index in [1.165, 1.54) is 21.5 Å². The average molecular weight is 234 g/mol. The second kappa shape index (κ2) is 4.49. The van der Waals surface area contributed by atoms with Crippen molar-refractivity contribution in [2.75, 3.05) is 7.05 Å². The maximum absolute atomic E-state index is 4.12. The molecule has 0 saturated heterocycles. The van der Waals surface area contributed by atoms with Gasteiger partial charge in [0.25, 0.3) is 0 Å². The van der Waals surface area contributed by atoms with Gasteiger partial charge in [0, 0.05) is 12.6 Å². The van der Waals surface area contributed by atoms with Crippen molar-refractivity contribution in [1.82, 2.24) is 5.43 Å². The summed E-state index contributed by atoms with van der Waals surface area (Å²) in [6.45, 7) is 0. The van der Waals surface area contributed by atoms with Gasteiger partial charge in [0.2, 0.25) is 0 Å². The predicted molar refractivity (Wildman–Crippen MR) is 78.1 cm³/mol. The minimum Gasteiger partial charge on any atom is -0.313 e. The van der Waals surface area contributed by atoms with Crippen molar-refractivity contribution < 1.29 is 0 Å². The molecule has 3 aromatic rings. The zero-order chi connectivity index (χ0) is 12.4. The molecule has 3 aromatic carbocycles. The van der Waals surface area contributed by atoms with Crippen molar-refractivity contribution in [3.8, 4) is 0 Å². The van der Waals surface area contributed by atoms with Gasteiger partial charge in [-0.15, -0.1) is 0 Å². The molecule has 0 amide bonds. The van der Waals surface area contributed by atoms with Crippen molar-refractivity contribution in [2.45, 2.75) is 0 Å². The first kappa shape index (κ1) is 10.8. The summed E-state index contributed by atoms with van der Waals surface area (Å²) < 4.78 is 0. The second-order valence-electron chi connectivity index (χ2n) is 4.21. The van der Waals surface area contributed by atoms with Crippen LogP contribution < -0.4 is 5.43 Å². The van der Waals surface area contributed by atoms with E-state index < -0.39 is 0 Å². The topological polar surface area (TPSA) is 24.4 Å². The number of hydrogen-bond acceptors (Lipinski definition) is 2. The van der Waals surface area contributed by atoms with Crippen LogP contribution in [-0.2, 0) is 0 Å². The molecule has 0 aliphatic heterocycles. The summed E-state index contributed by atoms with van der Waals surface area (Å²) in [5.41, 5.74) is 3.94. The highest BCUT2D eigenvalue weighted by Gasteiger charge is 2.03. The summed E-state index contributed by atoms with van der Waals surface area (Å²) in [4.78, 5) is 0. The van der Waals surface area contributed by atoms with E-state index in [-0.39, 0.29) is 0 Å². The molecule has 0 heterocycles. The Morgan fingerprint density at radius 1 is 0.889 bits per heavy atom. The molecule has 0 atom stereocenters. The molecule has 88 valence electrons. The quantitative estimate of drug-likeness (QED) is 0.409. The fraction of sp³-hybridized carbons (Fsp3) is 0.0625. The van der Waals surface area contributed by atoms with E-state index in [2.05, 4.69) is 65.1 Å². The maximum Gasteiger partial charge on any atom is 0.0546 e. The summed E-state index contributed by atoms with van der Waals surface area (Å²) >= 11 is 0. The second-order valence-corrected chi connectivity index (χ2v) is 4.21. The minimum absolute atomic E-state index is 1.14. The number of nitrogens with one attached hydrogen (secondary N) is 1.